The van der Waals surface area contributed by atoms with Crippen LogP contribution >= 0.6 is 11.6 Å². The monoisotopic (exact) mass is 244 g/mol. The van der Waals surface area contributed by atoms with Crippen LogP contribution in [0.2, 0.25) is 0 Å². The van der Waals surface area contributed by atoms with E-state index in [4.69, 9.17) is 21.1 Å². The lowest BCUT2D eigenvalue weighted by atomic mass is 10.4. The van der Waals surface area contributed by atoms with Gasteiger partial charge in [-0.3, -0.25) is 0 Å². The van der Waals surface area contributed by atoms with Gasteiger partial charge in [-0.05, 0) is 13.0 Å². The molecule has 0 spiro atoms. The highest BCUT2D eigenvalue weighted by atomic mass is 35.5. The summed E-state index contributed by atoms with van der Waals surface area (Å²) in [6.07, 6.45) is 0. The zero-order chi connectivity index (χ0) is 11.8. The lowest BCUT2D eigenvalue weighted by Crippen LogP contribution is -2.19. The van der Waals surface area contributed by atoms with Crippen molar-refractivity contribution >= 4 is 17.4 Å². The Hall–Kier alpha value is -1.00. The molecule has 0 amide bonds. The molecular formula is C11H17ClN2O2. The Morgan fingerprint density at radius 2 is 2.31 bits per heavy atom. The molecule has 0 aliphatic heterocycles. The van der Waals surface area contributed by atoms with Gasteiger partial charge in [-0.2, -0.15) is 4.98 Å². The van der Waals surface area contributed by atoms with E-state index in [2.05, 4.69) is 10.3 Å². The number of hydrogen-bond acceptors (Lipinski definition) is 4. The van der Waals surface area contributed by atoms with Crippen LogP contribution in [0.25, 0.3) is 0 Å². The molecule has 0 saturated heterocycles. The number of methoxy groups -OCH3 is 1. The van der Waals surface area contributed by atoms with E-state index in [-0.39, 0.29) is 5.38 Å². The molecule has 1 atom stereocenters. The van der Waals surface area contributed by atoms with Crippen LogP contribution in [-0.4, -0.2) is 37.2 Å². The SMILES string of the molecule is CCOc1cccc(NCC(Cl)COC)n1. The van der Waals surface area contributed by atoms with Crippen LogP contribution in [0.1, 0.15) is 6.92 Å². The fraction of sp³-hybridized carbons (Fsp3) is 0.545. The molecule has 0 fully saturated rings. The van der Waals surface area contributed by atoms with E-state index in [1.807, 2.05) is 25.1 Å². The normalized spacial score (nSPS) is 12.2. The van der Waals surface area contributed by atoms with Gasteiger partial charge in [0.05, 0.1) is 18.6 Å². The quantitative estimate of drug-likeness (QED) is 0.747. The number of halogens is 1. The average molecular weight is 245 g/mol. The predicted molar refractivity (Wildman–Crippen MR) is 65.4 cm³/mol. The summed E-state index contributed by atoms with van der Waals surface area (Å²) in [7, 11) is 1.63. The lowest BCUT2D eigenvalue weighted by molar-refractivity contribution is 0.200. The van der Waals surface area contributed by atoms with Crippen molar-refractivity contribution in [1.82, 2.24) is 4.98 Å². The maximum Gasteiger partial charge on any atom is 0.215 e. The summed E-state index contributed by atoms with van der Waals surface area (Å²) in [6, 6.07) is 5.58. The molecule has 1 unspecified atom stereocenters. The first kappa shape index (κ1) is 13.1. The number of aromatic nitrogens is 1. The van der Waals surface area contributed by atoms with Gasteiger partial charge in [0, 0.05) is 19.7 Å². The summed E-state index contributed by atoms with van der Waals surface area (Å²) in [5.74, 6) is 1.37. The first-order valence-electron chi connectivity index (χ1n) is 5.23. The van der Waals surface area contributed by atoms with Crippen molar-refractivity contribution in [2.24, 2.45) is 0 Å². The van der Waals surface area contributed by atoms with E-state index >= 15 is 0 Å². The number of ether oxygens (including phenoxy) is 2. The van der Waals surface area contributed by atoms with Crippen molar-refractivity contribution in [2.75, 3.05) is 32.2 Å². The molecule has 0 aliphatic carbocycles. The summed E-state index contributed by atoms with van der Waals surface area (Å²) in [4.78, 5) is 4.26. The smallest absolute Gasteiger partial charge is 0.215 e. The van der Waals surface area contributed by atoms with Crippen LogP contribution in [0, 0.1) is 0 Å². The second-order valence-electron chi connectivity index (χ2n) is 3.23. The molecular weight excluding hydrogens is 228 g/mol. The van der Waals surface area contributed by atoms with Gasteiger partial charge in [-0.1, -0.05) is 6.07 Å². The standard InChI is InChI=1S/C11H17ClN2O2/c1-3-16-11-6-4-5-10(14-11)13-7-9(12)8-15-2/h4-6,9H,3,7-8H2,1-2H3,(H,13,14). The summed E-state index contributed by atoms with van der Waals surface area (Å²) >= 11 is 5.99. The molecule has 0 bridgehead atoms. The van der Waals surface area contributed by atoms with Crippen molar-refractivity contribution in [3.8, 4) is 5.88 Å². The minimum atomic E-state index is -0.0671. The molecule has 16 heavy (non-hydrogen) atoms. The van der Waals surface area contributed by atoms with Crippen molar-refractivity contribution in [3.05, 3.63) is 18.2 Å². The first-order valence-corrected chi connectivity index (χ1v) is 5.66. The van der Waals surface area contributed by atoms with E-state index in [9.17, 15) is 0 Å². The topological polar surface area (TPSA) is 43.4 Å². The number of nitrogens with one attached hydrogen (secondary N) is 1. The molecule has 5 heteroatoms. The van der Waals surface area contributed by atoms with Crippen molar-refractivity contribution < 1.29 is 9.47 Å². The predicted octanol–water partition coefficient (Wildman–Crippen LogP) is 2.15. The summed E-state index contributed by atoms with van der Waals surface area (Å²) < 4.78 is 10.2. The fourth-order valence-corrected chi connectivity index (χ4v) is 1.40. The molecule has 1 aromatic rings. The maximum atomic E-state index is 5.99. The second kappa shape index (κ2) is 7.30. The van der Waals surface area contributed by atoms with E-state index in [0.29, 0.717) is 25.6 Å². The van der Waals surface area contributed by atoms with Crippen molar-refractivity contribution in [3.63, 3.8) is 0 Å². The third kappa shape index (κ3) is 4.68. The zero-order valence-electron chi connectivity index (χ0n) is 9.57. The van der Waals surface area contributed by atoms with Crippen LogP contribution < -0.4 is 10.1 Å². The molecule has 90 valence electrons. The third-order valence-corrected chi connectivity index (χ3v) is 2.15. The van der Waals surface area contributed by atoms with E-state index in [1.165, 1.54) is 0 Å². The Bertz CT molecular complexity index is 310. The highest BCUT2D eigenvalue weighted by Crippen LogP contribution is 2.11. The Labute approximate surface area is 101 Å². The van der Waals surface area contributed by atoms with Crippen molar-refractivity contribution in [2.45, 2.75) is 12.3 Å². The number of pyridine rings is 1. The number of anilines is 1. The minimum absolute atomic E-state index is 0.0671. The molecule has 0 aromatic carbocycles. The van der Waals surface area contributed by atoms with Crippen LogP contribution in [0.15, 0.2) is 18.2 Å². The van der Waals surface area contributed by atoms with Gasteiger partial charge in [0.2, 0.25) is 5.88 Å². The van der Waals surface area contributed by atoms with Gasteiger partial charge in [0.25, 0.3) is 0 Å². The maximum absolute atomic E-state index is 5.99. The van der Waals surface area contributed by atoms with Crippen LogP contribution in [0.3, 0.4) is 0 Å². The fourth-order valence-electron chi connectivity index (χ4n) is 1.20. The molecule has 0 aliphatic rings. The van der Waals surface area contributed by atoms with E-state index in [1.54, 1.807) is 7.11 Å². The third-order valence-electron chi connectivity index (χ3n) is 1.87. The van der Waals surface area contributed by atoms with Crippen LogP contribution in [0.4, 0.5) is 5.82 Å². The van der Waals surface area contributed by atoms with Gasteiger partial charge in [0.15, 0.2) is 0 Å². The lowest BCUT2D eigenvalue weighted by Gasteiger charge is -2.11. The van der Waals surface area contributed by atoms with E-state index in [0.717, 1.165) is 5.82 Å². The Morgan fingerprint density at radius 3 is 3.00 bits per heavy atom. The number of rotatable bonds is 7. The number of hydrogen-bond donors (Lipinski definition) is 1. The Kier molecular flexibility index (Phi) is 5.96. The Morgan fingerprint density at radius 1 is 1.50 bits per heavy atom. The minimum Gasteiger partial charge on any atom is -0.478 e. The highest BCUT2D eigenvalue weighted by Gasteiger charge is 2.04. The summed E-state index contributed by atoms with van der Waals surface area (Å²) in [5, 5.41) is 3.06. The van der Waals surface area contributed by atoms with E-state index < -0.39 is 0 Å². The molecule has 0 saturated carbocycles. The highest BCUT2D eigenvalue weighted by molar-refractivity contribution is 6.21. The largest absolute Gasteiger partial charge is 0.478 e. The second-order valence-corrected chi connectivity index (χ2v) is 3.84. The number of nitrogens with zero attached hydrogens (tertiary/aromatic N) is 1. The molecule has 1 heterocycles. The van der Waals surface area contributed by atoms with Gasteiger partial charge < -0.3 is 14.8 Å². The molecule has 1 N–H and O–H groups in total. The summed E-state index contributed by atoms with van der Waals surface area (Å²) in [6.45, 7) is 3.66. The van der Waals surface area contributed by atoms with Gasteiger partial charge in [-0.25, -0.2) is 0 Å². The van der Waals surface area contributed by atoms with Gasteiger partial charge in [0.1, 0.15) is 5.82 Å². The molecule has 0 radical (unpaired) electrons. The molecule has 1 aromatic heterocycles. The zero-order valence-corrected chi connectivity index (χ0v) is 10.3. The van der Waals surface area contributed by atoms with Gasteiger partial charge in [-0.15, -0.1) is 11.6 Å². The van der Waals surface area contributed by atoms with Crippen LogP contribution in [-0.2, 0) is 4.74 Å². The Balaban J connectivity index is 2.44. The number of alkyl halides is 1. The van der Waals surface area contributed by atoms with Crippen molar-refractivity contribution in [1.29, 1.82) is 0 Å². The summed E-state index contributed by atoms with van der Waals surface area (Å²) in [5.41, 5.74) is 0. The van der Waals surface area contributed by atoms with Gasteiger partial charge >= 0.3 is 0 Å². The molecule has 4 nitrogen and oxygen atoms in total. The average Bonchev–Trinajstić information content (AvgIpc) is 2.28. The first-order chi connectivity index (χ1) is 7.76. The molecule has 1 rings (SSSR count). The van der Waals surface area contributed by atoms with Crippen LogP contribution in [0.5, 0.6) is 5.88 Å².